The van der Waals surface area contributed by atoms with E-state index in [1.54, 1.807) is 25.1 Å². The first-order valence-corrected chi connectivity index (χ1v) is 10.4. The second-order valence-corrected chi connectivity index (χ2v) is 8.42. The second-order valence-electron chi connectivity index (χ2n) is 6.52. The van der Waals surface area contributed by atoms with Crippen LogP contribution in [0.4, 0.5) is 5.69 Å². The maximum atomic E-state index is 12.8. The topological polar surface area (TPSA) is 78.5 Å². The van der Waals surface area contributed by atoms with Crippen LogP contribution in [0.3, 0.4) is 0 Å². The Hall–Kier alpha value is -1.44. The summed E-state index contributed by atoms with van der Waals surface area (Å²) in [6, 6.07) is 5.07. The molecule has 1 aromatic carbocycles. The van der Waals surface area contributed by atoms with Crippen molar-refractivity contribution in [3.63, 3.8) is 0 Å². The Labute approximate surface area is 151 Å². The Bertz CT molecular complexity index is 694. The van der Waals surface area contributed by atoms with Crippen molar-refractivity contribution in [2.75, 3.05) is 31.5 Å². The molecule has 0 radical (unpaired) electrons. The van der Waals surface area contributed by atoms with Gasteiger partial charge in [0, 0.05) is 25.2 Å². The van der Waals surface area contributed by atoms with Crippen LogP contribution in [0, 0.1) is 12.8 Å². The molecule has 0 aromatic heterocycles. The largest absolute Gasteiger partial charge is 0.326 e. The number of hydrogen-bond donors (Lipinski definition) is 2. The average molecular weight is 368 g/mol. The molecule has 0 aliphatic carbocycles. The molecule has 140 valence electrons. The molecular weight excluding hydrogens is 338 g/mol. The van der Waals surface area contributed by atoms with Gasteiger partial charge < -0.3 is 10.6 Å². The van der Waals surface area contributed by atoms with Gasteiger partial charge in [0.1, 0.15) is 0 Å². The number of rotatable bonds is 8. The molecule has 0 spiro atoms. The van der Waals surface area contributed by atoms with Crippen molar-refractivity contribution in [1.29, 1.82) is 0 Å². The Morgan fingerprint density at radius 3 is 2.64 bits per heavy atom. The monoisotopic (exact) mass is 367 g/mol. The van der Waals surface area contributed by atoms with E-state index in [-0.39, 0.29) is 10.8 Å². The van der Waals surface area contributed by atoms with Crippen molar-refractivity contribution >= 4 is 21.6 Å². The molecule has 2 rings (SSSR count). The van der Waals surface area contributed by atoms with Crippen molar-refractivity contribution in [1.82, 2.24) is 9.62 Å². The van der Waals surface area contributed by atoms with E-state index in [0.717, 1.165) is 25.9 Å². The minimum absolute atomic E-state index is 0.0676. The third kappa shape index (κ3) is 5.03. The minimum atomic E-state index is -3.54. The molecule has 1 unspecified atom stereocenters. The lowest BCUT2D eigenvalue weighted by molar-refractivity contribution is -0.116. The van der Waals surface area contributed by atoms with E-state index >= 15 is 0 Å². The number of sulfonamides is 1. The first-order valence-electron chi connectivity index (χ1n) is 8.99. The minimum Gasteiger partial charge on any atom is -0.326 e. The molecule has 0 saturated carbocycles. The van der Waals surface area contributed by atoms with E-state index in [9.17, 15) is 13.2 Å². The highest BCUT2D eigenvalue weighted by atomic mass is 32.2. The fourth-order valence-electron chi connectivity index (χ4n) is 3.18. The molecule has 1 fully saturated rings. The molecule has 1 aromatic rings. The zero-order valence-electron chi connectivity index (χ0n) is 15.3. The lowest BCUT2D eigenvalue weighted by Gasteiger charge is -2.20. The number of carbonyl (C=O) groups is 1. The van der Waals surface area contributed by atoms with E-state index < -0.39 is 10.0 Å². The Morgan fingerprint density at radius 2 is 2.04 bits per heavy atom. The standard InChI is InChI=1S/C18H29N3O3S/c1-4-21(5-2)25(23,24)17-12-16(8-6-14(17)3)20-18(22)9-7-15-10-11-19-13-15/h6,8,12,15,19H,4-5,7,9-11,13H2,1-3H3,(H,20,22). The molecule has 1 heterocycles. The van der Waals surface area contributed by atoms with E-state index in [1.807, 2.05) is 13.8 Å². The highest BCUT2D eigenvalue weighted by Gasteiger charge is 2.24. The molecule has 1 aliphatic heterocycles. The van der Waals surface area contributed by atoms with Crippen LogP contribution in [0.25, 0.3) is 0 Å². The van der Waals surface area contributed by atoms with Crippen LogP contribution in [0.5, 0.6) is 0 Å². The molecule has 2 N–H and O–H groups in total. The number of aryl methyl sites for hydroxylation is 1. The predicted molar refractivity (Wildman–Crippen MR) is 100 cm³/mol. The Morgan fingerprint density at radius 1 is 1.32 bits per heavy atom. The molecule has 1 saturated heterocycles. The van der Waals surface area contributed by atoms with Gasteiger partial charge >= 0.3 is 0 Å². The van der Waals surface area contributed by atoms with Crippen LogP contribution in [-0.4, -0.2) is 44.8 Å². The molecular formula is C18H29N3O3S. The van der Waals surface area contributed by atoms with Gasteiger partial charge in [0.2, 0.25) is 15.9 Å². The fourth-order valence-corrected chi connectivity index (χ4v) is 4.89. The Kier molecular flexibility index (Phi) is 6.98. The molecule has 1 amide bonds. The van der Waals surface area contributed by atoms with Gasteiger partial charge in [-0.3, -0.25) is 4.79 Å². The van der Waals surface area contributed by atoms with Gasteiger partial charge in [0.25, 0.3) is 0 Å². The van der Waals surface area contributed by atoms with Crippen molar-refractivity contribution in [2.24, 2.45) is 5.92 Å². The molecule has 25 heavy (non-hydrogen) atoms. The number of nitrogens with zero attached hydrogens (tertiary/aromatic N) is 1. The zero-order chi connectivity index (χ0) is 18.4. The van der Waals surface area contributed by atoms with Crippen LogP contribution in [-0.2, 0) is 14.8 Å². The lowest BCUT2D eigenvalue weighted by atomic mass is 10.0. The van der Waals surface area contributed by atoms with Crippen molar-refractivity contribution < 1.29 is 13.2 Å². The highest BCUT2D eigenvalue weighted by Crippen LogP contribution is 2.24. The summed E-state index contributed by atoms with van der Waals surface area (Å²) in [4.78, 5) is 12.4. The van der Waals surface area contributed by atoms with Gasteiger partial charge in [0.15, 0.2) is 0 Å². The van der Waals surface area contributed by atoms with E-state index in [2.05, 4.69) is 10.6 Å². The van der Waals surface area contributed by atoms with Crippen LogP contribution < -0.4 is 10.6 Å². The third-order valence-electron chi connectivity index (χ3n) is 4.74. The summed E-state index contributed by atoms with van der Waals surface area (Å²) in [7, 11) is -3.54. The van der Waals surface area contributed by atoms with Crippen LogP contribution in [0.1, 0.15) is 38.7 Å². The molecule has 0 bridgehead atoms. The van der Waals surface area contributed by atoms with Gasteiger partial charge in [-0.1, -0.05) is 19.9 Å². The molecule has 6 nitrogen and oxygen atoms in total. The number of benzene rings is 1. The average Bonchev–Trinajstić information content (AvgIpc) is 3.09. The van der Waals surface area contributed by atoms with Gasteiger partial charge in [-0.15, -0.1) is 0 Å². The predicted octanol–water partition coefficient (Wildman–Crippen LogP) is 2.35. The summed E-state index contributed by atoms with van der Waals surface area (Å²) >= 11 is 0. The number of carbonyl (C=O) groups excluding carboxylic acids is 1. The summed E-state index contributed by atoms with van der Waals surface area (Å²) < 4.78 is 26.9. The van der Waals surface area contributed by atoms with Gasteiger partial charge in [-0.2, -0.15) is 4.31 Å². The Balaban J connectivity index is 2.08. The van der Waals surface area contributed by atoms with E-state index in [1.165, 1.54) is 4.31 Å². The number of anilines is 1. The summed E-state index contributed by atoms with van der Waals surface area (Å²) in [5.74, 6) is 0.490. The zero-order valence-corrected chi connectivity index (χ0v) is 16.2. The number of hydrogen-bond acceptors (Lipinski definition) is 4. The maximum absolute atomic E-state index is 12.8. The number of amides is 1. The van der Waals surface area contributed by atoms with Crippen LogP contribution in [0.15, 0.2) is 23.1 Å². The van der Waals surface area contributed by atoms with Gasteiger partial charge in [0.05, 0.1) is 4.90 Å². The summed E-state index contributed by atoms with van der Waals surface area (Å²) in [5.41, 5.74) is 1.22. The normalized spacial score (nSPS) is 17.8. The third-order valence-corrected chi connectivity index (χ3v) is 6.93. The van der Waals surface area contributed by atoms with Crippen molar-refractivity contribution in [3.8, 4) is 0 Å². The quantitative estimate of drug-likeness (QED) is 0.739. The number of nitrogens with one attached hydrogen (secondary N) is 2. The summed E-state index contributed by atoms with van der Waals surface area (Å²) in [6.45, 7) is 8.25. The van der Waals surface area contributed by atoms with E-state index in [0.29, 0.717) is 36.7 Å². The van der Waals surface area contributed by atoms with Crippen LogP contribution >= 0.6 is 0 Å². The molecule has 7 heteroatoms. The first kappa shape index (κ1) is 19.9. The lowest BCUT2D eigenvalue weighted by Crippen LogP contribution is -2.31. The van der Waals surface area contributed by atoms with Crippen molar-refractivity contribution in [3.05, 3.63) is 23.8 Å². The van der Waals surface area contributed by atoms with Gasteiger partial charge in [-0.25, -0.2) is 8.42 Å². The highest BCUT2D eigenvalue weighted by molar-refractivity contribution is 7.89. The SMILES string of the molecule is CCN(CC)S(=O)(=O)c1cc(NC(=O)CCC2CCNC2)ccc1C. The smallest absolute Gasteiger partial charge is 0.243 e. The summed E-state index contributed by atoms with van der Waals surface area (Å²) in [5, 5.41) is 6.13. The van der Waals surface area contributed by atoms with E-state index in [4.69, 9.17) is 0 Å². The van der Waals surface area contributed by atoms with Crippen LogP contribution in [0.2, 0.25) is 0 Å². The molecule has 1 aliphatic rings. The molecule has 1 atom stereocenters. The maximum Gasteiger partial charge on any atom is 0.243 e. The first-order chi connectivity index (χ1) is 11.9. The second kappa shape index (κ2) is 8.78. The van der Waals surface area contributed by atoms with Crippen molar-refractivity contribution in [2.45, 2.75) is 44.9 Å². The van der Waals surface area contributed by atoms with Gasteiger partial charge in [-0.05, 0) is 56.5 Å². The fraction of sp³-hybridized carbons (Fsp3) is 0.611. The summed E-state index contributed by atoms with van der Waals surface area (Å²) in [6.07, 6.45) is 2.43.